The Bertz CT molecular complexity index is 711. The van der Waals surface area contributed by atoms with E-state index in [1.807, 2.05) is 42.5 Å². The van der Waals surface area contributed by atoms with E-state index in [0.717, 1.165) is 11.1 Å². The van der Waals surface area contributed by atoms with Crippen LogP contribution >= 0.6 is 11.6 Å². The third-order valence-electron chi connectivity index (χ3n) is 4.06. The van der Waals surface area contributed by atoms with Gasteiger partial charge in [-0.15, -0.1) is 0 Å². The van der Waals surface area contributed by atoms with Crippen LogP contribution in [0.1, 0.15) is 37.6 Å². The molecule has 0 aliphatic carbocycles. The summed E-state index contributed by atoms with van der Waals surface area (Å²) in [5.74, 6) is 0.839. The lowest BCUT2D eigenvalue weighted by Crippen LogP contribution is -2.37. The fourth-order valence-electron chi connectivity index (χ4n) is 2.63. The molecule has 1 unspecified atom stereocenters. The van der Waals surface area contributed by atoms with Gasteiger partial charge >= 0.3 is 0 Å². The SMILES string of the molecule is CC(C)(C)C1CC(=O)c2cc(-c3ccc(Cl)cc3)ccc2O1. The van der Waals surface area contributed by atoms with E-state index in [9.17, 15) is 4.79 Å². The minimum absolute atomic E-state index is 0.0534. The number of fused-ring (bicyclic) bond motifs is 1. The normalized spacial score (nSPS) is 17.8. The molecule has 0 aromatic heterocycles. The first-order chi connectivity index (χ1) is 10.3. The molecular weight excluding hydrogens is 296 g/mol. The zero-order chi connectivity index (χ0) is 15.9. The Morgan fingerprint density at radius 1 is 1.05 bits per heavy atom. The van der Waals surface area contributed by atoms with Gasteiger partial charge in [-0.25, -0.2) is 0 Å². The summed E-state index contributed by atoms with van der Waals surface area (Å²) in [6, 6.07) is 13.4. The molecule has 0 radical (unpaired) electrons. The maximum Gasteiger partial charge on any atom is 0.170 e. The van der Waals surface area contributed by atoms with Crippen LogP contribution in [0.15, 0.2) is 42.5 Å². The highest BCUT2D eigenvalue weighted by Gasteiger charge is 2.34. The molecule has 1 atom stereocenters. The molecule has 3 rings (SSSR count). The summed E-state index contributed by atoms with van der Waals surface area (Å²) in [4.78, 5) is 12.5. The molecule has 0 bridgehead atoms. The number of hydrogen-bond acceptors (Lipinski definition) is 2. The van der Waals surface area contributed by atoms with Gasteiger partial charge in [0.25, 0.3) is 0 Å². The van der Waals surface area contributed by atoms with Gasteiger partial charge < -0.3 is 4.74 Å². The van der Waals surface area contributed by atoms with Gasteiger partial charge in [0, 0.05) is 11.4 Å². The topological polar surface area (TPSA) is 26.3 Å². The van der Waals surface area contributed by atoms with Crippen molar-refractivity contribution in [3.63, 3.8) is 0 Å². The van der Waals surface area contributed by atoms with E-state index in [4.69, 9.17) is 16.3 Å². The second kappa shape index (κ2) is 5.44. The number of Topliss-reactive ketones (excluding diaryl/α,β-unsaturated/α-hetero) is 1. The van der Waals surface area contributed by atoms with Crippen LogP contribution in [0, 0.1) is 5.41 Å². The lowest BCUT2D eigenvalue weighted by atomic mass is 9.83. The zero-order valence-corrected chi connectivity index (χ0v) is 13.8. The van der Waals surface area contributed by atoms with Crippen LogP contribution in [0.3, 0.4) is 0 Å². The second-order valence-corrected chi connectivity index (χ2v) is 7.25. The Hall–Kier alpha value is -1.80. The van der Waals surface area contributed by atoms with Crippen molar-refractivity contribution < 1.29 is 9.53 Å². The fraction of sp³-hybridized carbons (Fsp3) is 0.316. The van der Waals surface area contributed by atoms with E-state index in [-0.39, 0.29) is 17.3 Å². The summed E-state index contributed by atoms with van der Waals surface area (Å²) in [5, 5.41) is 0.703. The fourth-order valence-corrected chi connectivity index (χ4v) is 2.75. The molecule has 1 aliphatic rings. The molecule has 2 aromatic carbocycles. The number of ether oxygens (including phenoxy) is 1. The Balaban J connectivity index is 1.97. The standard InChI is InChI=1S/C19H19ClO2/c1-19(2,3)18-11-16(21)15-10-13(6-9-17(15)22-18)12-4-7-14(20)8-5-12/h4-10,18H,11H2,1-3H3. The van der Waals surface area contributed by atoms with Crippen molar-refractivity contribution in [3.05, 3.63) is 53.1 Å². The van der Waals surface area contributed by atoms with Crippen LogP contribution in [0.4, 0.5) is 0 Å². The third kappa shape index (κ3) is 2.89. The summed E-state index contributed by atoms with van der Waals surface area (Å²) in [5.41, 5.74) is 2.66. The van der Waals surface area contributed by atoms with E-state index in [1.54, 1.807) is 0 Å². The quantitative estimate of drug-likeness (QED) is 0.705. The Morgan fingerprint density at radius 3 is 2.32 bits per heavy atom. The highest BCUT2D eigenvalue weighted by Crippen LogP contribution is 2.37. The van der Waals surface area contributed by atoms with Crippen molar-refractivity contribution >= 4 is 17.4 Å². The number of benzene rings is 2. The number of halogens is 1. The number of carbonyl (C=O) groups excluding carboxylic acids is 1. The molecule has 3 heteroatoms. The monoisotopic (exact) mass is 314 g/mol. The largest absolute Gasteiger partial charge is 0.489 e. The van der Waals surface area contributed by atoms with Crippen molar-refractivity contribution in [1.29, 1.82) is 0 Å². The minimum Gasteiger partial charge on any atom is -0.489 e. The maximum atomic E-state index is 12.5. The predicted octanol–water partition coefficient (Wildman–Crippen LogP) is 5.39. The van der Waals surface area contributed by atoms with Gasteiger partial charge in [0.15, 0.2) is 5.78 Å². The van der Waals surface area contributed by atoms with Gasteiger partial charge in [0.1, 0.15) is 11.9 Å². The summed E-state index contributed by atoms with van der Waals surface area (Å²) in [6.45, 7) is 6.29. The van der Waals surface area contributed by atoms with Crippen LogP contribution in [0.5, 0.6) is 5.75 Å². The van der Waals surface area contributed by atoms with Crippen LogP contribution < -0.4 is 4.74 Å². The average molecular weight is 315 g/mol. The molecule has 114 valence electrons. The van der Waals surface area contributed by atoms with E-state index < -0.39 is 0 Å². The molecule has 1 aliphatic heterocycles. The van der Waals surface area contributed by atoms with Gasteiger partial charge in [0.2, 0.25) is 0 Å². The molecule has 0 saturated heterocycles. The van der Waals surface area contributed by atoms with E-state index >= 15 is 0 Å². The maximum absolute atomic E-state index is 12.5. The van der Waals surface area contributed by atoms with Crippen molar-refractivity contribution in [2.45, 2.75) is 33.3 Å². The highest BCUT2D eigenvalue weighted by molar-refractivity contribution is 6.30. The summed E-state index contributed by atoms with van der Waals surface area (Å²) < 4.78 is 6.03. The molecule has 0 N–H and O–H groups in total. The average Bonchev–Trinajstić information content (AvgIpc) is 2.47. The molecule has 0 saturated carbocycles. The zero-order valence-electron chi connectivity index (χ0n) is 13.0. The molecule has 22 heavy (non-hydrogen) atoms. The van der Waals surface area contributed by atoms with Gasteiger partial charge in [-0.3, -0.25) is 4.79 Å². The van der Waals surface area contributed by atoms with Crippen LogP contribution in [-0.4, -0.2) is 11.9 Å². The van der Waals surface area contributed by atoms with Crippen molar-refractivity contribution in [3.8, 4) is 16.9 Å². The third-order valence-corrected chi connectivity index (χ3v) is 4.32. The van der Waals surface area contributed by atoms with E-state index in [2.05, 4.69) is 20.8 Å². The number of carbonyl (C=O) groups is 1. The molecule has 2 aromatic rings. The molecule has 0 amide bonds. The summed E-state index contributed by atoms with van der Waals surface area (Å²) in [7, 11) is 0. The number of rotatable bonds is 1. The van der Waals surface area contributed by atoms with Gasteiger partial charge in [-0.2, -0.15) is 0 Å². The van der Waals surface area contributed by atoms with E-state index in [0.29, 0.717) is 22.8 Å². The predicted molar refractivity (Wildman–Crippen MR) is 89.7 cm³/mol. The first kappa shape index (κ1) is 15.1. The summed E-state index contributed by atoms with van der Waals surface area (Å²) >= 11 is 5.92. The lowest BCUT2D eigenvalue weighted by molar-refractivity contribution is 0.0545. The molecule has 0 fully saturated rings. The highest BCUT2D eigenvalue weighted by atomic mass is 35.5. The van der Waals surface area contributed by atoms with E-state index in [1.165, 1.54) is 0 Å². The van der Waals surface area contributed by atoms with Gasteiger partial charge in [0.05, 0.1) is 5.56 Å². The smallest absolute Gasteiger partial charge is 0.170 e. The number of hydrogen-bond donors (Lipinski definition) is 0. The van der Waals surface area contributed by atoms with Crippen LogP contribution in [0.25, 0.3) is 11.1 Å². The second-order valence-electron chi connectivity index (χ2n) is 6.82. The first-order valence-electron chi connectivity index (χ1n) is 7.44. The minimum atomic E-state index is -0.0751. The molecule has 2 nitrogen and oxygen atoms in total. The molecular formula is C19H19ClO2. The Labute approximate surface area is 136 Å². The lowest BCUT2D eigenvalue weighted by Gasteiger charge is -2.34. The van der Waals surface area contributed by atoms with Gasteiger partial charge in [-0.1, -0.05) is 50.6 Å². The van der Waals surface area contributed by atoms with Crippen LogP contribution in [0.2, 0.25) is 5.02 Å². The molecule has 0 spiro atoms. The first-order valence-corrected chi connectivity index (χ1v) is 7.82. The van der Waals surface area contributed by atoms with Gasteiger partial charge in [-0.05, 0) is 40.8 Å². The molecule has 1 heterocycles. The van der Waals surface area contributed by atoms with Crippen molar-refractivity contribution in [2.24, 2.45) is 5.41 Å². The summed E-state index contributed by atoms with van der Waals surface area (Å²) in [6.07, 6.45) is 0.356. The van der Waals surface area contributed by atoms with Crippen molar-refractivity contribution in [1.82, 2.24) is 0 Å². The Morgan fingerprint density at radius 2 is 1.68 bits per heavy atom. The Kier molecular flexibility index (Phi) is 3.73. The van der Waals surface area contributed by atoms with Crippen LogP contribution in [-0.2, 0) is 0 Å². The van der Waals surface area contributed by atoms with Crippen molar-refractivity contribution in [2.75, 3.05) is 0 Å². The number of ketones is 1.